The van der Waals surface area contributed by atoms with Crippen LogP contribution in [0, 0.1) is 0 Å². The summed E-state index contributed by atoms with van der Waals surface area (Å²) in [6.07, 6.45) is 3.07. The third-order valence-electron chi connectivity index (χ3n) is 3.69. The molecule has 0 aliphatic carbocycles. The molecule has 0 fully saturated rings. The topological polar surface area (TPSA) is 75.6 Å². The highest BCUT2D eigenvalue weighted by atomic mass is 35.5. The average Bonchev–Trinajstić information content (AvgIpc) is 3.23. The number of aromatic amines is 1. The number of aromatic nitrogens is 4. The van der Waals surface area contributed by atoms with Gasteiger partial charge in [0.05, 0.1) is 28.5 Å². The molecule has 0 saturated carbocycles. The van der Waals surface area contributed by atoms with E-state index in [1.807, 2.05) is 36.4 Å². The van der Waals surface area contributed by atoms with Crippen LogP contribution < -0.4 is 5.43 Å². The third-order valence-corrected chi connectivity index (χ3v) is 3.94. The van der Waals surface area contributed by atoms with Crippen LogP contribution in [0.5, 0.6) is 0 Å². The first kappa shape index (κ1) is 14.5. The minimum absolute atomic E-state index is 0.281. The lowest BCUT2D eigenvalue weighted by Gasteiger charge is -2.07. The van der Waals surface area contributed by atoms with Crippen molar-refractivity contribution in [3.05, 3.63) is 71.6 Å². The predicted molar refractivity (Wildman–Crippen MR) is 92.5 cm³/mol. The molecule has 24 heavy (non-hydrogen) atoms. The van der Waals surface area contributed by atoms with Gasteiger partial charge in [0.1, 0.15) is 6.33 Å². The highest BCUT2D eigenvalue weighted by molar-refractivity contribution is 6.30. The van der Waals surface area contributed by atoms with Gasteiger partial charge in [0.25, 0.3) is 5.91 Å². The number of para-hydroxylation sites is 2. The highest BCUT2D eigenvalue weighted by Crippen LogP contribution is 2.23. The zero-order valence-electron chi connectivity index (χ0n) is 12.4. The monoisotopic (exact) mass is 337 g/mol. The number of fused-ring (bicyclic) bond motifs is 1. The molecule has 0 aliphatic heterocycles. The fourth-order valence-corrected chi connectivity index (χ4v) is 2.64. The SMILES string of the molecule is O=C(Nn1cnc2ccccc21)c1cn[nH]c1-c1ccc(Cl)cc1. The van der Waals surface area contributed by atoms with Gasteiger partial charge in [-0.05, 0) is 24.3 Å². The second kappa shape index (κ2) is 5.82. The van der Waals surface area contributed by atoms with Gasteiger partial charge in [0.15, 0.2) is 0 Å². The molecule has 0 saturated heterocycles. The van der Waals surface area contributed by atoms with E-state index in [0.29, 0.717) is 16.3 Å². The van der Waals surface area contributed by atoms with Gasteiger partial charge in [-0.25, -0.2) is 9.66 Å². The molecular weight excluding hydrogens is 326 g/mol. The molecule has 6 nitrogen and oxygen atoms in total. The van der Waals surface area contributed by atoms with Gasteiger partial charge in [-0.2, -0.15) is 5.10 Å². The molecule has 4 rings (SSSR count). The zero-order valence-corrected chi connectivity index (χ0v) is 13.2. The summed E-state index contributed by atoms with van der Waals surface area (Å²) >= 11 is 5.91. The summed E-state index contributed by atoms with van der Waals surface area (Å²) in [6, 6.07) is 14.8. The summed E-state index contributed by atoms with van der Waals surface area (Å²) in [5.74, 6) is -0.281. The van der Waals surface area contributed by atoms with Crippen LogP contribution in [-0.2, 0) is 0 Å². The first-order valence-electron chi connectivity index (χ1n) is 7.25. The quantitative estimate of drug-likeness (QED) is 0.601. The van der Waals surface area contributed by atoms with Gasteiger partial charge < -0.3 is 0 Å². The molecule has 0 spiro atoms. The van der Waals surface area contributed by atoms with Crippen molar-refractivity contribution in [2.75, 3.05) is 5.43 Å². The fourth-order valence-electron chi connectivity index (χ4n) is 2.51. The lowest BCUT2D eigenvalue weighted by Crippen LogP contribution is -2.22. The summed E-state index contributed by atoms with van der Waals surface area (Å²) in [5, 5.41) is 7.48. The molecule has 0 bridgehead atoms. The van der Waals surface area contributed by atoms with E-state index in [0.717, 1.165) is 16.6 Å². The molecule has 1 amide bonds. The highest BCUT2D eigenvalue weighted by Gasteiger charge is 2.16. The Hall–Kier alpha value is -3.12. The van der Waals surface area contributed by atoms with Crippen LogP contribution in [0.3, 0.4) is 0 Å². The zero-order chi connectivity index (χ0) is 16.5. The number of amides is 1. The van der Waals surface area contributed by atoms with Crippen molar-refractivity contribution in [3.8, 4) is 11.3 Å². The fraction of sp³-hybridized carbons (Fsp3) is 0. The predicted octanol–water partition coefficient (Wildman–Crippen LogP) is 3.46. The minimum Gasteiger partial charge on any atom is -0.277 e. The van der Waals surface area contributed by atoms with E-state index in [-0.39, 0.29) is 5.91 Å². The van der Waals surface area contributed by atoms with Gasteiger partial charge in [-0.3, -0.25) is 15.3 Å². The van der Waals surface area contributed by atoms with Crippen LogP contribution in [0.15, 0.2) is 61.1 Å². The van der Waals surface area contributed by atoms with E-state index in [1.54, 1.807) is 23.1 Å². The van der Waals surface area contributed by atoms with Crippen molar-refractivity contribution in [1.82, 2.24) is 19.9 Å². The van der Waals surface area contributed by atoms with Gasteiger partial charge in [0.2, 0.25) is 0 Å². The van der Waals surface area contributed by atoms with E-state index < -0.39 is 0 Å². The first-order chi connectivity index (χ1) is 11.7. The third kappa shape index (κ3) is 2.53. The molecule has 2 heterocycles. The smallest absolute Gasteiger partial charge is 0.273 e. The number of nitrogens with one attached hydrogen (secondary N) is 2. The number of halogens is 1. The maximum atomic E-state index is 12.6. The molecule has 2 N–H and O–H groups in total. The van der Waals surface area contributed by atoms with Crippen LogP contribution in [-0.4, -0.2) is 25.8 Å². The minimum atomic E-state index is -0.281. The van der Waals surface area contributed by atoms with Gasteiger partial charge in [-0.1, -0.05) is 35.9 Å². The van der Waals surface area contributed by atoms with Gasteiger partial charge in [0, 0.05) is 10.6 Å². The molecule has 7 heteroatoms. The molecule has 2 aromatic carbocycles. The molecule has 2 aromatic heterocycles. The Kier molecular flexibility index (Phi) is 3.51. The van der Waals surface area contributed by atoms with Crippen LogP contribution in [0.2, 0.25) is 5.02 Å². The van der Waals surface area contributed by atoms with Crippen molar-refractivity contribution >= 4 is 28.5 Å². The maximum Gasteiger partial charge on any atom is 0.273 e. The Morgan fingerprint density at radius 3 is 2.75 bits per heavy atom. The summed E-state index contributed by atoms with van der Waals surface area (Å²) in [4.78, 5) is 16.9. The number of hydrogen-bond donors (Lipinski definition) is 2. The van der Waals surface area contributed by atoms with Crippen molar-refractivity contribution in [2.24, 2.45) is 0 Å². The largest absolute Gasteiger partial charge is 0.277 e. The van der Waals surface area contributed by atoms with E-state index in [2.05, 4.69) is 20.6 Å². The number of carbonyl (C=O) groups is 1. The Balaban J connectivity index is 1.66. The van der Waals surface area contributed by atoms with E-state index >= 15 is 0 Å². The molecule has 4 aromatic rings. The molecule has 0 radical (unpaired) electrons. The van der Waals surface area contributed by atoms with E-state index in [1.165, 1.54) is 6.20 Å². The molecule has 118 valence electrons. The Morgan fingerprint density at radius 1 is 1.12 bits per heavy atom. The van der Waals surface area contributed by atoms with E-state index in [9.17, 15) is 4.79 Å². The van der Waals surface area contributed by atoms with Crippen LogP contribution >= 0.6 is 11.6 Å². The van der Waals surface area contributed by atoms with Crippen LogP contribution in [0.4, 0.5) is 0 Å². The Bertz CT molecular complexity index is 1020. The molecular formula is C17H12ClN5O. The van der Waals surface area contributed by atoms with Gasteiger partial charge >= 0.3 is 0 Å². The summed E-state index contributed by atoms with van der Waals surface area (Å²) in [5.41, 5.74) is 6.35. The summed E-state index contributed by atoms with van der Waals surface area (Å²) in [7, 11) is 0. The van der Waals surface area contributed by atoms with Crippen molar-refractivity contribution in [2.45, 2.75) is 0 Å². The molecule has 0 aliphatic rings. The van der Waals surface area contributed by atoms with Crippen molar-refractivity contribution in [1.29, 1.82) is 0 Å². The normalized spacial score (nSPS) is 10.9. The standard InChI is InChI=1S/C17H12ClN5O/c18-12-7-5-11(6-8-12)16-13(9-20-21-16)17(24)22-23-10-19-14-3-1-2-4-15(14)23/h1-10H,(H,20,21)(H,22,24). The van der Waals surface area contributed by atoms with Crippen LogP contribution in [0.1, 0.15) is 10.4 Å². The second-order valence-corrected chi connectivity index (χ2v) is 5.65. The number of benzene rings is 2. The number of rotatable bonds is 3. The lowest BCUT2D eigenvalue weighted by atomic mass is 10.1. The van der Waals surface area contributed by atoms with Crippen molar-refractivity contribution in [3.63, 3.8) is 0 Å². The molecule has 0 unspecified atom stereocenters. The number of hydrogen-bond acceptors (Lipinski definition) is 3. The van der Waals surface area contributed by atoms with E-state index in [4.69, 9.17) is 11.6 Å². The Morgan fingerprint density at radius 2 is 1.92 bits per heavy atom. The molecule has 0 atom stereocenters. The average molecular weight is 338 g/mol. The number of imidazole rings is 1. The van der Waals surface area contributed by atoms with Gasteiger partial charge in [-0.15, -0.1) is 0 Å². The Labute approximate surface area is 142 Å². The van der Waals surface area contributed by atoms with Crippen molar-refractivity contribution < 1.29 is 4.79 Å². The first-order valence-corrected chi connectivity index (χ1v) is 7.63. The number of carbonyl (C=O) groups excluding carboxylic acids is 1. The summed E-state index contributed by atoms with van der Waals surface area (Å²) in [6.45, 7) is 0. The summed E-state index contributed by atoms with van der Waals surface area (Å²) < 4.78 is 1.59. The number of H-pyrrole nitrogens is 1. The second-order valence-electron chi connectivity index (χ2n) is 5.21. The van der Waals surface area contributed by atoms with Crippen LogP contribution in [0.25, 0.3) is 22.3 Å². The lowest BCUT2D eigenvalue weighted by molar-refractivity contribution is 0.101. The maximum absolute atomic E-state index is 12.6. The number of nitrogens with zero attached hydrogens (tertiary/aromatic N) is 3.